The van der Waals surface area contributed by atoms with Crippen LogP contribution in [0.4, 0.5) is 0 Å². The van der Waals surface area contributed by atoms with Crippen molar-refractivity contribution in [3.05, 3.63) is 35.9 Å². The lowest BCUT2D eigenvalue weighted by Gasteiger charge is -2.03. The van der Waals surface area contributed by atoms with Crippen LogP contribution in [-0.2, 0) is 0 Å². The van der Waals surface area contributed by atoms with Gasteiger partial charge >= 0.3 is 0 Å². The Hall–Kier alpha value is -1.15. The Bertz CT molecular complexity index is 278. The van der Waals surface area contributed by atoms with E-state index in [1.54, 1.807) is 6.92 Å². The minimum atomic E-state index is -0.307. The van der Waals surface area contributed by atoms with Crippen LogP contribution in [0.3, 0.4) is 0 Å². The van der Waals surface area contributed by atoms with E-state index < -0.39 is 0 Å². The minimum Gasteiger partial charge on any atom is -0.393 e. The molecule has 0 aliphatic heterocycles. The zero-order chi connectivity index (χ0) is 10.4. The van der Waals surface area contributed by atoms with Crippen LogP contribution < -0.4 is 0 Å². The first-order chi connectivity index (χ1) is 6.70. The molecule has 0 aliphatic carbocycles. The van der Waals surface area contributed by atoms with Crippen molar-refractivity contribution in [2.75, 3.05) is 0 Å². The molecular weight excluding hydrogens is 176 g/mol. The second kappa shape index (κ2) is 5.55. The molecule has 1 atom stereocenters. The van der Waals surface area contributed by atoms with Gasteiger partial charge in [0.1, 0.15) is 0 Å². The van der Waals surface area contributed by atoms with E-state index in [9.17, 15) is 4.79 Å². The van der Waals surface area contributed by atoms with Crippen molar-refractivity contribution < 1.29 is 9.90 Å². The summed E-state index contributed by atoms with van der Waals surface area (Å²) in [6.45, 7) is 1.74. The maximum atomic E-state index is 11.5. The monoisotopic (exact) mass is 192 g/mol. The standard InChI is InChI=1S/C12H16O2/c1-10(13)6-5-9-12(14)11-7-3-2-4-8-11/h2-4,7-8,10,13H,5-6,9H2,1H3. The topological polar surface area (TPSA) is 37.3 Å². The van der Waals surface area contributed by atoms with Gasteiger partial charge < -0.3 is 5.11 Å². The van der Waals surface area contributed by atoms with Crippen molar-refractivity contribution in [2.24, 2.45) is 0 Å². The highest BCUT2D eigenvalue weighted by Gasteiger charge is 2.05. The highest BCUT2D eigenvalue weighted by Crippen LogP contribution is 2.07. The molecule has 0 heterocycles. The number of aliphatic hydroxyl groups is 1. The van der Waals surface area contributed by atoms with Crippen molar-refractivity contribution in [3.8, 4) is 0 Å². The molecule has 14 heavy (non-hydrogen) atoms. The zero-order valence-corrected chi connectivity index (χ0v) is 8.44. The number of hydrogen-bond acceptors (Lipinski definition) is 2. The molecule has 0 aliphatic rings. The second-order valence-electron chi connectivity index (χ2n) is 3.53. The molecule has 2 heteroatoms. The molecular formula is C12H16O2. The van der Waals surface area contributed by atoms with Gasteiger partial charge in [-0.05, 0) is 19.8 Å². The molecule has 0 radical (unpaired) electrons. The molecule has 1 aromatic carbocycles. The number of carbonyl (C=O) groups is 1. The quantitative estimate of drug-likeness (QED) is 0.727. The normalized spacial score (nSPS) is 12.4. The fraction of sp³-hybridized carbons (Fsp3) is 0.417. The molecule has 1 unspecified atom stereocenters. The molecule has 0 spiro atoms. The fourth-order valence-electron chi connectivity index (χ4n) is 1.33. The Morgan fingerprint density at radius 1 is 1.36 bits per heavy atom. The van der Waals surface area contributed by atoms with Gasteiger partial charge in [0.05, 0.1) is 6.10 Å². The Morgan fingerprint density at radius 3 is 2.57 bits per heavy atom. The van der Waals surface area contributed by atoms with Gasteiger partial charge in [-0.25, -0.2) is 0 Å². The molecule has 0 fully saturated rings. The molecule has 0 saturated carbocycles. The van der Waals surface area contributed by atoms with Crippen LogP contribution in [0, 0.1) is 0 Å². The first-order valence-electron chi connectivity index (χ1n) is 4.96. The van der Waals surface area contributed by atoms with E-state index in [4.69, 9.17) is 5.11 Å². The summed E-state index contributed by atoms with van der Waals surface area (Å²) in [5.41, 5.74) is 0.762. The largest absolute Gasteiger partial charge is 0.393 e. The summed E-state index contributed by atoms with van der Waals surface area (Å²) in [6.07, 6.45) is 1.66. The van der Waals surface area contributed by atoms with E-state index in [0.29, 0.717) is 12.8 Å². The average molecular weight is 192 g/mol. The van der Waals surface area contributed by atoms with Crippen molar-refractivity contribution in [3.63, 3.8) is 0 Å². The summed E-state index contributed by atoms with van der Waals surface area (Å²) in [7, 11) is 0. The van der Waals surface area contributed by atoms with Gasteiger partial charge in [-0.2, -0.15) is 0 Å². The molecule has 1 N–H and O–H groups in total. The summed E-state index contributed by atoms with van der Waals surface area (Å²) in [6, 6.07) is 9.27. The third kappa shape index (κ3) is 3.71. The van der Waals surface area contributed by atoms with Crippen LogP contribution in [0.15, 0.2) is 30.3 Å². The van der Waals surface area contributed by atoms with Crippen molar-refractivity contribution in [2.45, 2.75) is 32.3 Å². The predicted octanol–water partition coefficient (Wildman–Crippen LogP) is 2.42. The third-order valence-corrected chi connectivity index (χ3v) is 2.12. The van der Waals surface area contributed by atoms with E-state index in [2.05, 4.69) is 0 Å². The van der Waals surface area contributed by atoms with Gasteiger partial charge in [0.2, 0.25) is 0 Å². The van der Waals surface area contributed by atoms with Crippen LogP contribution in [0.2, 0.25) is 0 Å². The molecule has 76 valence electrons. The predicted molar refractivity (Wildman–Crippen MR) is 56.3 cm³/mol. The van der Waals surface area contributed by atoms with Gasteiger partial charge in [-0.15, -0.1) is 0 Å². The van der Waals surface area contributed by atoms with Gasteiger partial charge in [-0.1, -0.05) is 30.3 Å². The van der Waals surface area contributed by atoms with Gasteiger partial charge in [-0.3, -0.25) is 4.79 Å². The molecule has 1 aromatic rings. The summed E-state index contributed by atoms with van der Waals surface area (Å²) >= 11 is 0. The van der Waals surface area contributed by atoms with Crippen LogP contribution in [0.5, 0.6) is 0 Å². The van der Waals surface area contributed by atoms with Gasteiger partial charge in [0.15, 0.2) is 5.78 Å². The number of aliphatic hydroxyl groups excluding tert-OH is 1. The number of rotatable bonds is 5. The Balaban J connectivity index is 2.36. The van der Waals surface area contributed by atoms with E-state index >= 15 is 0 Å². The van der Waals surface area contributed by atoms with Crippen LogP contribution in [0.1, 0.15) is 36.5 Å². The maximum absolute atomic E-state index is 11.5. The lowest BCUT2D eigenvalue weighted by atomic mass is 10.0. The fourth-order valence-corrected chi connectivity index (χ4v) is 1.33. The minimum absolute atomic E-state index is 0.159. The zero-order valence-electron chi connectivity index (χ0n) is 8.44. The Labute approximate surface area is 84.6 Å². The van der Waals surface area contributed by atoms with Gasteiger partial charge in [0, 0.05) is 12.0 Å². The highest BCUT2D eigenvalue weighted by atomic mass is 16.3. The van der Waals surface area contributed by atoms with E-state index in [0.717, 1.165) is 12.0 Å². The Morgan fingerprint density at radius 2 is 2.00 bits per heavy atom. The number of benzene rings is 1. The summed E-state index contributed by atoms with van der Waals surface area (Å²) in [5, 5.41) is 9.02. The third-order valence-electron chi connectivity index (χ3n) is 2.12. The average Bonchev–Trinajstić information content (AvgIpc) is 2.18. The van der Waals surface area contributed by atoms with Crippen LogP contribution >= 0.6 is 0 Å². The lowest BCUT2D eigenvalue weighted by Crippen LogP contribution is -2.03. The molecule has 1 rings (SSSR count). The van der Waals surface area contributed by atoms with Crippen molar-refractivity contribution in [1.29, 1.82) is 0 Å². The van der Waals surface area contributed by atoms with E-state index in [-0.39, 0.29) is 11.9 Å². The molecule has 2 nitrogen and oxygen atoms in total. The van der Waals surface area contributed by atoms with E-state index in [1.807, 2.05) is 30.3 Å². The van der Waals surface area contributed by atoms with E-state index in [1.165, 1.54) is 0 Å². The molecule has 0 amide bonds. The number of ketones is 1. The molecule has 0 aromatic heterocycles. The molecule has 0 bridgehead atoms. The number of hydrogen-bond donors (Lipinski definition) is 1. The Kier molecular flexibility index (Phi) is 4.33. The SMILES string of the molecule is CC(O)CCCC(=O)c1ccccc1. The van der Waals surface area contributed by atoms with Gasteiger partial charge in [0.25, 0.3) is 0 Å². The molecule has 0 saturated heterocycles. The number of Topliss-reactive ketones (excluding diaryl/α,β-unsaturated/α-hetero) is 1. The lowest BCUT2D eigenvalue weighted by molar-refractivity contribution is 0.0972. The van der Waals surface area contributed by atoms with Crippen LogP contribution in [0.25, 0.3) is 0 Å². The summed E-state index contributed by atoms with van der Waals surface area (Å²) in [4.78, 5) is 11.5. The van der Waals surface area contributed by atoms with Crippen LogP contribution in [-0.4, -0.2) is 17.0 Å². The number of carbonyl (C=O) groups excluding carboxylic acids is 1. The second-order valence-corrected chi connectivity index (χ2v) is 3.53. The smallest absolute Gasteiger partial charge is 0.162 e. The van der Waals surface area contributed by atoms with Crippen molar-refractivity contribution >= 4 is 5.78 Å². The first-order valence-corrected chi connectivity index (χ1v) is 4.96. The highest BCUT2D eigenvalue weighted by molar-refractivity contribution is 5.95. The summed E-state index contributed by atoms with van der Waals surface area (Å²) in [5.74, 6) is 0.159. The maximum Gasteiger partial charge on any atom is 0.162 e. The first kappa shape index (κ1) is 10.9. The van der Waals surface area contributed by atoms with Crippen molar-refractivity contribution in [1.82, 2.24) is 0 Å². The summed E-state index contributed by atoms with van der Waals surface area (Å²) < 4.78 is 0.